The number of carbonyl (C=O) groups is 2. The number of primary amides is 1. The van der Waals surface area contributed by atoms with Gasteiger partial charge in [0.05, 0.1) is 11.9 Å². The summed E-state index contributed by atoms with van der Waals surface area (Å²) in [7, 11) is 0. The molecule has 0 aromatic carbocycles. The third-order valence-corrected chi connectivity index (χ3v) is 2.91. The molecule has 0 fully saturated rings. The molecule has 0 saturated carbocycles. The van der Waals surface area contributed by atoms with E-state index < -0.39 is 11.9 Å². The van der Waals surface area contributed by atoms with E-state index in [0.29, 0.717) is 11.3 Å². The number of fused-ring (bicyclic) bond motifs is 1. The first kappa shape index (κ1) is 12.7. The van der Waals surface area contributed by atoms with Gasteiger partial charge < -0.3 is 10.8 Å². The zero-order chi connectivity index (χ0) is 15.0. The maximum atomic E-state index is 11.4. The Labute approximate surface area is 117 Å². The predicted octanol–water partition coefficient (Wildman–Crippen LogP) is 0.588. The number of aromatic carboxylic acids is 1. The standard InChI is InChI=1S/C13H9N5O3/c14-11(19)8-6-16-18-10(13(20)21)4-9(17-12(8)18)7-2-1-3-15-5-7/h1-6H,(H2,14,19)(H,20,21). The van der Waals surface area contributed by atoms with E-state index in [2.05, 4.69) is 15.1 Å². The minimum atomic E-state index is -1.19. The smallest absolute Gasteiger partial charge is 0.354 e. The highest BCUT2D eigenvalue weighted by molar-refractivity contribution is 5.99. The Morgan fingerprint density at radius 1 is 1.29 bits per heavy atom. The van der Waals surface area contributed by atoms with Gasteiger partial charge in [0.15, 0.2) is 11.3 Å². The number of nitrogens with zero attached hydrogens (tertiary/aromatic N) is 4. The van der Waals surface area contributed by atoms with Crippen molar-refractivity contribution in [1.82, 2.24) is 19.6 Å². The molecule has 3 N–H and O–H groups in total. The lowest BCUT2D eigenvalue weighted by atomic mass is 10.2. The van der Waals surface area contributed by atoms with E-state index in [1.807, 2.05) is 0 Å². The molecule has 8 heteroatoms. The molecule has 3 heterocycles. The fourth-order valence-corrected chi connectivity index (χ4v) is 1.95. The van der Waals surface area contributed by atoms with Crippen LogP contribution in [-0.2, 0) is 0 Å². The Hall–Kier alpha value is -3.29. The van der Waals surface area contributed by atoms with Crippen LogP contribution in [0.25, 0.3) is 16.9 Å². The van der Waals surface area contributed by atoms with Gasteiger partial charge >= 0.3 is 5.97 Å². The maximum Gasteiger partial charge on any atom is 0.354 e. The highest BCUT2D eigenvalue weighted by Crippen LogP contribution is 2.20. The zero-order valence-electron chi connectivity index (χ0n) is 10.6. The van der Waals surface area contributed by atoms with Crippen LogP contribution in [-0.4, -0.2) is 36.6 Å². The molecule has 0 aliphatic rings. The summed E-state index contributed by atoms with van der Waals surface area (Å²) in [5, 5.41) is 13.1. The number of hydrogen-bond donors (Lipinski definition) is 2. The highest BCUT2D eigenvalue weighted by Gasteiger charge is 2.18. The van der Waals surface area contributed by atoms with Crippen LogP contribution in [0.15, 0.2) is 36.8 Å². The number of nitrogens with two attached hydrogens (primary N) is 1. The third-order valence-electron chi connectivity index (χ3n) is 2.91. The fourth-order valence-electron chi connectivity index (χ4n) is 1.95. The Bertz CT molecular complexity index is 857. The average Bonchev–Trinajstić information content (AvgIpc) is 2.90. The van der Waals surface area contributed by atoms with Crippen molar-refractivity contribution in [2.75, 3.05) is 0 Å². The second-order valence-corrected chi connectivity index (χ2v) is 4.23. The first-order chi connectivity index (χ1) is 10.1. The van der Waals surface area contributed by atoms with Gasteiger partial charge in [0.25, 0.3) is 5.91 Å². The number of pyridine rings is 1. The molecule has 8 nitrogen and oxygen atoms in total. The van der Waals surface area contributed by atoms with Gasteiger partial charge in [-0.3, -0.25) is 9.78 Å². The zero-order valence-corrected chi connectivity index (χ0v) is 10.6. The van der Waals surface area contributed by atoms with Crippen molar-refractivity contribution in [3.63, 3.8) is 0 Å². The molecule has 1 amide bonds. The quantitative estimate of drug-likeness (QED) is 0.725. The van der Waals surface area contributed by atoms with Crippen molar-refractivity contribution in [2.24, 2.45) is 5.73 Å². The molecular weight excluding hydrogens is 274 g/mol. The fraction of sp³-hybridized carbons (Fsp3) is 0. The van der Waals surface area contributed by atoms with Crippen LogP contribution in [0, 0.1) is 0 Å². The molecule has 3 aromatic heterocycles. The van der Waals surface area contributed by atoms with Crippen molar-refractivity contribution >= 4 is 17.5 Å². The summed E-state index contributed by atoms with van der Waals surface area (Å²) in [5.41, 5.74) is 6.28. The van der Waals surface area contributed by atoms with Crippen LogP contribution >= 0.6 is 0 Å². The number of hydrogen-bond acceptors (Lipinski definition) is 5. The number of carbonyl (C=O) groups excluding carboxylic acids is 1. The number of carboxylic acid groups (broad SMARTS) is 1. The predicted molar refractivity (Wildman–Crippen MR) is 71.7 cm³/mol. The minimum Gasteiger partial charge on any atom is -0.477 e. The third kappa shape index (κ3) is 2.08. The number of carboxylic acids is 1. The highest BCUT2D eigenvalue weighted by atomic mass is 16.4. The molecule has 104 valence electrons. The number of rotatable bonds is 3. The van der Waals surface area contributed by atoms with Gasteiger partial charge in [0, 0.05) is 18.0 Å². The monoisotopic (exact) mass is 283 g/mol. The SMILES string of the molecule is NC(=O)c1cnn2c(C(=O)O)cc(-c3cccnc3)nc12. The molecule has 0 spiro atoms. The van der Waals surface area contributed by atoms with E-state index in [4.69, 9.17) is 5.73 Å². The molecule has 3 aromatic rings. The first-order valence-electron chi connectivity index (χ1n) is 5.90. The molecule has 0 unspecified atom stereocenters. The van der Waals surface area contributed by atoms with Crippen LogP contribution < -0.4 is 5.73 Å². The maximum absolute atomic E-state index is 11.4. The van der Waals surface area contributed by atoms with E-state index in [1.54, 1.807) is 24.5 Å². The van der Waals surface area contributed by atoms with Crippen LogP contribution in [0.5, 0.6) is 0 Å². The van der Waals surface area contributed by atoms with E-state index in [1.165, 1.54) is 12.3 Å². The molecule has 0 saturated heterocycles. The minimum absolute atomic E-state index is 0.0586. The van der Waals surface area contributed by atoms with Crippen molar-refractivity contribution in [3.05, 3.63) is 48.0 Å². The van der Waals surface area contributed by atoms with Crippen molar-refractivity contribution in [2.45, 2.75) is 0 Å². The number of aromatic nitrogens is 4. The van der Waals surface area contributed by atoms with E-state index >= 15 is 0 Å². The van der Waals surface area contributed by atoms with E-state index in [-0.39, 0.29) is 16.9 Å². The van der Waals surface area contributed by atoms with Gasteiger partial charge in [-0.05, 0) is 18.2 Å². The average molecular weight is 283 g/mol. The van der Waals surface area contributed by atoms with Crippen molar-refractivity contribution in [1.29, 1.82) is 0 Å². The summed E-state index contributed by atoms with van der Waals surface area (Å²) in [6.45, 7) is 0. The van der Waals surface area contributed by atoms with Gasteiger partial charge in [-0.1, -0.05) is 0 Å². The largest absolute Gasteiger partial charge is 0.477 e. The van der Waals surface area contributed by atoms with Gasteiger partial charge in [0.2, 0.25) is 0 Å². The summed E-state index contributed by atoms with van der Waals surface area (Å²) < 4.78 is 1.07. The molecule has 0 aliphatic heterocycles. The molecular formula is C13H9N5O3. The summed E-state index contributed by atoms with van der Waals surface area (Å²) in [5.74, 6) is -1.91. The van der Waals surface area contributed by atoms with Gasteiger partial charge in [-0.25, -0.2) is 14.3 Å². The van der Waals surface area contributed by atoms with Crippen LogP contribution in [0.3, 0.4) is 0 Å². The Morgan fingerprint density at radius 3 is 2.71 bits per heavy atom. The molecule has 0 aliphatic carbocycles. The van der Waals surface area contributed by atoms with E-state index in [9.17, 15) is 14.7 Å². The lowest BCUT2D eigenvalue weighted by Crippen LogP contribution is -2.13. The topological polar surface area (TPSA) is 123 Å². The van der Waals surface area contributed by atoms with Crippen molar-refractivity contribution in [3.8, 4) is 11.3 Å². The van der Waals surface area contributed by atoms with Gasteiger partial charge in [-0.15, -0.1) is 0 Å². The molecule has 21 heavy (non-hydrogen) atoms. The molecule has 0 bridgehead atoms. The lowest BCUT2D eigenvalue weighted by molar-refractivity contribution is 0.0687. The van der Waals surface area contributed by atoms with Gasteiger partial charge in [-0.2, -0.15) is 5.10 Å². The Balaban J connectivity index is 2.35. The summed E-state index contributed by atoms with van der Waals surface area (Å²) in [4.78, 5) is 31.0. The second-order valence-electron chi connectivity index (χ2n) is 4.23. The van der Waals surface area contributed by atoms with Crippen LogP contribution in [0.4, 0.5) is 0 Å². The molecule has 0 radical (unpaired) electrons. The Morgan fingerprint density at radius 2 is 2.10 bits per heavy atom. The van der Waals surface area contributed by atoms with Gasteiger partial charge in [0.1, 0.15) is 5.56 Å². The normalized spacial score (nSPS) is 10.7. The first-order valence-corrected chi connectivity index (χ1v) is 5.90. The summed E-state index contributed by atoms with van der Waals surface area (Å²) in [6, 6.07) is 4.80. The number of amides is 1. The van der Waals surface area contributed by atoms with Crippen LogP contribution in [0.1, 0.15) is 20.8 Å². The van der Waals surface area contributed by atoms with Crippen LogP contribution in [0.2, 0.25) is 0 Å². The lowest BCUT2D eigenvalue weighted by Gasteiger charge is -2.05. The van der Waals surface area contributed by atoms with Crippen molar-refractivity contribution < 1.29 is 14.7 Å². The summed E-state index contributed by atoms with van der Waals surface area (Å²) in [6.07, 6.45) is 4.34. The molecule has 0 atom stereocenters. The molecule has 3 rings (SSSR count). The Kier molecular flexibility index (Phi) is 2.83. The second kappa shape index (κ2) is 4.67. The van der Waals surface area contributed by atoms with E-state index in [0.717, 1.165) is 4.52 Å². The summed E-state index contributed by atoms with van der Waals surface area (Å²) >= 11 is 0.